The van der Waals surface area contributed by atoms with Crippen molar-refractivity contribution in [3.8, 4) is 0 Å². The monoisotopic (exact) mass is 266 g/mol. The number of nitrogen functional groups attached to an aromatic ring is 1. The summed E-state index contributed by atoms with van der Waals surface area (Å²) in [5, 5.41) is 5.14. The molecule has 8 heteroatoms. The van der Waals surface area contributed by atoms with Crippen molar-refractivity contribution in [2.45, 2.75) is 13.2 Å². The van der Waals surface area contributed by atoms with Gasteiger partial charge in [-0.1, -0.05) is 0 Å². The van der Waals surface area contributed by atoms with Crippen LogP contribution >= 0.6 is 11.3 Å². The van der Waals surface area contributed by atoms with Gasteiger partial charge in [-0.15, -0.1) is 11.3 Å². The van der Waals surface area contributed by atoms with Crippen LogP contribution in [0, 0.1) is 0 Å². The van der Waals surface area contributed by atoms with Crippen LogP contribution in [0.3, 0.4) is 0 Å². The van der Waals surface area contributed by atoms with Crippen molar-refractivity contribution in [3.63, 3.8) is 0 Å². The van der Waals surface area contributed by atoms with Crippen LogP contribution in [0.5, 0.6) is 0 Å². The number of ether oxygens (including phenoxy) is 1. The molecule has 0 aliphatic carbocycles. The summed E-state index contributed by atoms with van der Waals surface area (Å²) in [6.07, 6.45) is 0. The van der Waals surface area contributed by atoms with Gasteiger partial charge in [0.15, 0.2) is 5.82 Å². The molecule has 4 N–H and O–H groups in total. The molecule has 2 rings (SSSR count). The molecule has 0 spiro atoms. The second-order valence-electron chi connectivity index (χ2n) is 3.47. The van der Waals surface area contributed by atoms with Crippen molar-refractivity contribution in [2.75, 3.05) is 17.9 Å². The summed E-state index contributed by atoms with van der Waals surface area (Å²) in [4.78, 5) is 12.6. The Kier molecular flexibility index (Phi) is 4.40. The molecular formula is C10H14N6OS. The van der Waals surface area contributed by atoms with Crippen molar-refractivity contribution in [2.24, 2.45) is 5.84 Å². The van der Waals surface area contributed by atoms with E-state index < -0.39 is 0 Å². The molecule has 0 saturated carbocycles. The van der Waals surface area contributed by atoms with Crippen LogP contribution in [-0.4, -0.2) is 22.1 Å². The molecule has 96 valence electrons. The molecule has 0 aliphatic heterocycles. The Morgan fingerprint density at radius 2 is 2.22 bits per heavy atom. The lowest BCUT2D eigenvalue weighted by Gasteiger charge is -2.08. The highest BCUT2D eigenvalue weighted by atomic mass is 32.1. The van der Waals surface area contributed by atoms with Crippen LogP contribution in [0.4, 0.5) is 11.6 Å². The second kappa shape index (κ2) is 6.24. The molecule has 0 unspecified atom stereocenters. The first-order valence-corrected chi connectivity index (χ1v) is 6.20. The molecule has 0 saturated heterocycles. The van der Waals surface area contributed by atoms with E-state index in [1.54, 1.807) is 30.0 Å². The first-order valence-electron chi connectivity index (χ1n) is 5.26. The summed E-state index contributed by atoms with van der Waals surface area (Å²) in [5.74, 6) is 7.14. The predicted octanol–water partition coefficient (Wildman–Crippen LogP) is 0.977. The van der Waals surface area contributed by atoms with E-state index in [1.165, 1.54) is 0 Å². The lowest BCUT2D eigenvalue weighted by molar-refractivity contribution is 0.178. The molecule has 0 aliphatic rings. The average Bonchev–Trinajstić information content (AvgIpc) is 2.89. The molecular weight excluding hydrogens is 252 g/mol. The molecule has 0 fully saturated rings. The maximum absolute atomic E-state index is 5.35. The van der Waals surface area contributed by atoms with E-state index in [-0.39, 0.29) is 0 Å². The summed E-state index contributed by atoms with van der Waals surface area (Å²) in [6.45, 7) is 0.942. The maximum Gasteiger partial charge on any atom is 0.158 e. The Morgan fingerprint density at radius 1 is 1.39 bits per heavy atom. The average molecular weight is 266 g/mol. The van der Waals surface area contributed by atoms with Crippen LogP contribution in [-0.2, 0) is 17.9 Å². The number of methoxy groups -OCH3 is 1. The van der Waals surface area contributed by atoms with E-state index in [2.05, 4.69) is 25.7 Å². The van der Waals surface area contributed by atoms with Gasteiger partial charge in [-0.3, -0.25) is 0 Å². The van der Waals surface area contributed by atoms with Gasteiger partial charge in [-0.05, 0) is 0 Å². The first-order chi connectivity index (χ1) is 8.81. The van der Waals surface area contributed by atoms with E-state index >= 15 is 0 Å². The van der Waals surface area contributed by atoms with Gasteiger partial charge in [-0.25, -0.2) is 20.8 Å². The topological polar surface area (TPSA) is 98.0 Å². The third-order valence-electron chi connectivity index (χ3n) is 2.13. The minimum atomic E-state index is 0.334. The smallest absolute Gasteiger partial charge is 0.158 e. The van der Waals surface area contributed by atoms with Gasteiger partial charge in [0, 0.05) is 18.6 Å². The molecule has 7 nitrogen and oxygen atoms in total. The first kappa shape index (κ1) is 12.7. The number of hydrogen-bond acceptors (Lipinski definition) is 8. The van der Waals surface area contributed by atoms with Crippen molar-refractivity contribution in [3.05, 3.63) is 28.5 Å². The fraction of sp³-hybridized carbons (Fsp3) is 0.300. The predicted molar refractivity (Wildman–Crippen MR) is 70.0 cm³/mol. The Hall–Kier alpha value is -1.77. The number of rotatable bonds is 6. The van der Waals surface area contributed by atoms with E-state index in [0.717, 1.165) is 5.69 Å². The fourth-order valence-electron chi connectivity index (χ4n) is 1.36. The molecule has 0 atom stereocenters. The van der Waals surface area contributed by atoms with E-state index in [9.17, 15) is 0 Å². The van der Waals surface area contributed by atoms with Crippen molar-refractivity contribution in [1.82, 2.24) is 15.0 Å². The summed E-state index contributed by atoms with van der Waals surface area (Å²) in [7, 11) is 1.59. The van der Waals surface area contributed by atoms with Crippen LogP contribution in [0.1, 0.15) is 11.5 Å². The van der Waals surface area contributed by atoms with Crippen LogP contribution < -0.4 is 16.6 Å². The maximum atomic E-state index is 5.35. The minimum Gasteiger partial charge on any atom is -0.377 e. The molecule has 0 bridgehead atoms. The molecule has 2 aromatic rings. The molecule has 0 aromatic carbocycles. The van der Waals surface area contributed by atoms with Gasteiger partial charge < -0.3 is 15.5 Å². The highest BCUT2D eigenvalue weighted by Gasteiger charge is 2.04. The molecule has 2 aromatic heterocycles. The molecule has 0 amide bonds. The SMILES string of the molecule is COCc1nc(NN)cc(NCc2cscn2)n1. The number of nitrogens with one attached hydrogen (secondary N) is 2. The molecule has 2 heterocycles. The van der Waals surface area contributed by atoms with Crippen LogP contribution in [0.25, 0.3) is 0 Å². The number of hydrazine groups is 1. The zero-order valence-corrected chi connectivity index (χ0v) is 10.7. The minimum absolute atomic E-state index is 0.334. The van der Waals surface area contributed by atoms with Gasteiger partial charge in [0.05, 0.1) is 17.7 Å². The van der Waals surface area contributed by atoms with Crippen LogP contribution in [0.2, 0.25) is 0 Å². The van der Waals surface area contributed by atoms with Gasteiger partial charge in [0.1, 0.15) is 18.2 Å². The zero-order valence-electron chi connectivity index (χ0n) is 9.88. The van der Waals surface area contributed by atoms with Gasteiger partial charge >= 0.3 is 0 Å². The third-order valence-corrected chi connectivity index (χ3v) is 2.76. The second-order valence-corrected chi connectivity index (χ2v) is 4.18. The van der Waals surface area contributed by atoms with Crippen molar-refractivity contribution < 1.29 is 4.74 Å². The molecule has 0 radical (unpaired) electrons. The van der Waals surface area contributed by atoms with Gasteiger partial charge in [0.25, 0.3) is 0 Å². The van der Waals surface area contributed by atoms with E-state index in [4.69, 9.17) is 10.6 Å². The highest BCUT2D eigenvalue weighted by molar-refractivity contribution is 7.07. The Morgan fingerprint density at radius 3 is 2.89 bits per heavy atom. The Bertz CT molecular complexity index is 489. The van der Waals surface area contributed by atoms with Crippen molar-refractivity contribution >= 4 is 23.0 Å². The van der Waals surface area contributed by atoms with Gasteiger partial charge in [-0.2, -0.15) is 0 Å². The highest BCUT2D eigenvalue weighted by Crippen LogP contribution is 2.12. The van der Waals surface area contributed by atoms with Crippen LogP contribution in [0.15, 0.2) is 17.0 Å². The summed E-state index contributed by atoms with van der Waals surface area (Å²) >= 11 is 1.56. The van der Waals surface area contributed by atoms with Crippen molar-refractivity contribution in [1.29, 1.82) is 0 Å². The Balaban J connectivity index is 2.08. The lowest BCUT2D eigenvalue weighted by Crippen LogP contribution is -2.12. The van der Waals surface area contributed by atoms with E-state index in [1.807, 2.05) is 5.38 Å². The third kappa shape index (κ3) is 3.36. The number of thiazole rings is 1. The normalized spacial score (nSPS) is 10.3. The lowest BCUT2D eigenvalue weighted by atomic mass is 10.4. The van der Waals surface area contributed by atoms with E-state index in [0.29, 0.717) is 30.6 Å². The Labute approximate surface area is 108 Å². The zero-order chi connectivity index (χ0) is 12.8. The number of hydrogen-bond donors (Lipinski definition) is 3. The number of anilines is 2. The number of nitrogens with zero attached hydrogens (tertiary/aromatic N) is 3. The molecule has 18 heavy (non-hydrogen) atoms. The summed E-state index contributed by atoms with van der Waals surface area (Å²) < 4.78 is 5.00. The van der Waals surface area contributed by atoms with Gasteiger partial charge in [0.2, 0.25) is 0 Å². The number of aromatic nitrogens is 3. The number of nitrogens with two attached hydrogens (primary N) is 1. The standard InChI is InChI=1S/C10H14N6OS/c1-17-4-10-14-8(2-9(15-10)16-11)12-3-7-5-18-6-13-7/h2,5-6H,3-4,11H2,1H3,(H2,12,14,15,16). The fourth-order valence-corrected chi connectivity index (χ4v) is 1.92. The summed E-state index contributed by atoms with van der Waals surface area (Å²) in [5.41, 5.74) is 5.26. The quantitative estimate of drug-likeness (QED) is 0.529. The largest absolute Gasteiger partial charge is 0.377 e. The summed E-state index contributed by atoms with van der Waals surface area (Å²) in [6, 6.07) is 1.73.